The zero-order valence-corrected chi connectivity index (χ0v) is 4.76. The van der Waals surface area contributed by atoms with Gasteiger partial charge in [-0.05, 0) is 0 Å². The van der Waals surface area contributed by atoms with Gasteiger partial charge in [-0.25, -0.2) is 0 Å². The molecule has 0 atom stereocenters. The van der Waals surface area contributed by atoms with E-state index in [4.69, 9.17) is 0 Å². The fourth-order valence-corrected chi connectivity index (χ4v) is 0. The van der Waals surface area contributed by atoms with E-state index in [1.54, 1.807) is 0 Å². The maximum absolute atomic E-state index is 9.51. The van der Waals surface area contributed by atoms with E-state index in [1.165, 1.54) is 14.1 Å². The van der Waals surface area contributed by atoms with E-state index in [0.29, 0.717) is 0 Å². The van der Waals surface area contributed by atoms with Gasteiger partial charge in [-0.2, -0.15) is 0 Å². The number of carboxylic acid groups (broad SMARTS) is 1. The normalized spacial score (nSPS) is 6.57. The summed E-state index contributed by atoms with van der Waals surface area (Å²) in [5, 5.41) is 9.51. The van der Waals surface area contributed by atoms with E-state index in [1.807, 2.05) is 0 Å². The average Bonchev–Trinajstić information content (AvgIpc) is 1.36. The van der Waals surface area contributed by atoms with Crippen LogP contribution in [-0.4, -0.2) is 25.1 Å². The maximum atomic E-state index is 9.51. The average molecular weight is 95.0 g/mol. The van der Waals surface area contributed by atoms with Crippen LogP contribution >= 0.6 is 0 Å². The van der Waals surface area contributed by atoms with Gasteiger partial charge in [0, 0.05) is 14.1 Å². The molecule has 0 radical (unpaired) electrons. The molecule has 0 saturated heterocycles. The van der Waals surface area contributed by atoms with Crippen molar-refractivity contribution in [3.05, 3.63) is 0 Å². The third kappa shape index (κ3) is 5.87. The van der Waals surface area contributed by atoms with E-state index in [2.05, 4.69) is 0 Å². The number of carbonyl (C=O) groups excluding carboxylic acids is 1. The summed E-state index contributed by atoms with van der Waals surface area (Å²) >= 11 is 0. The van der Waals surface area contributed by atoms with Crippen LogP contribution in [0.4, 0.5) is 4.79 Å². The molecule has 0 aliphatic heterocycles. The molecule has 3 nitrogen and oxygen atoms in total. The smallest absolute Gasteiger partial charge is 0.530 e. The number of nitrogens with zero attached hydrogens (tertiary/aromatic N) is 1. The summed E-state index contributed by atoms with van der Waals surface area (Å²) in [6, 6.07) is 0. The van der Waals surface area contributed by atoms with E-state index < -0.39 is 6.09 Å². The summed E-state index contributed by atoms with van der Waals surface area (Å²) in [5.74, 6) is 0. The zero-order chi connectivity index (χ0) is 5.15. The van der Waals surface area contributed by atoms with Crippen molar-refractivity contribution in [1.82, 2.24) is 4.90 Å². The molecule has 0 bridgehead atoms. The largest absolute Gasteiger partial charge is 1.00 e. The molecule has 1 amide bonds. The van der Waals surface area contributed by atoms with Crippen molar-refractivity contribution < 1.29 is 28.8 Å². The Balaban J connectivity index is 0. The van der Waals surface area contributed by atoms with Gasteiger partial charge in [-0.15, -0.1) is 0 Å². The van der Waals surface area contributed by atoms with Crippen LogP contribution in [0.2, 0.25) is 0 Å². The molecule has 0 aromatic rings. The van der Waals surface area contributed by atoms with E-state index in [-0.39, 0.29) is 18.9 Å². The van der Waals surface area contributed by atoms with Crippen LogP contribution in [0.15, 0.2) is 0 Å². The Morgan fingerprint density at radius 1 is 1.57 bits per heavy atom. The van der Waals surface area contributed by atoms with E-state index in [0.717, 1.165) is 4.90 Å². The van der Waals surface area contributed by atoms with Crippen molar-refractivity contribution in [3.63, 3.8) is 0 Å². The molecule has 0 aromatic heterocycles. The molecule has 0 aliphatic rings. The number of carbonyl (C=O) groups is 1. The molecule has 7 heavy (non-hydrogen) atoms. The molecule has 4 heteroatoms. The Kier molecular flexibility index (Phi) is 5.76. The molecule has 0 N–H and O–H groups in total. The molecule has 0 aromatic carbocycles. The van der Waals surface area contributed by atoms with Gasteiger partial charge >= 0.3 is 18.9 Å². The second-order valence-electron chi connectivity index (χ2n) is 1.16. The van der Waals surface area contributed by atoms with Crippen molar-refractivity contribution in [2.24, 2.45) is 0 Å². The summed E-state index contributed by atoms with van der Waals surface area (Å²) in [4.78, 5) is 10.5. The number of hydrogen-bond donors (Lipinski definition) is 0. The predicted octanol–water partition coefficient (Wildman–Crippen LogP) is -4.10. The van der Waals surface area contributed by atoms with Gasteiger partial charge < -0.3 is 14.8 Å². The van der Waals surface area contributed by atoms with Crippen LogP contribution in [0.25, 0.3) is 0 Å². The first-order chi connectivity index (χ1) is 2.64. The van der Waals surface area contributed by atoms with Gasteiger partial charge in [0.15, 0.2) is 0 Å². The molecule has 0 saturated carbocycles. The van der Waals surface area contributed by atoms with E-state index >= 15 is 0 Å². The van der Waals surface area contributed by atoms with Crippen molar-refractivity contribution in [1.29, 1.82) is 0 Å². The zero-order valence-electron chi connectivity index (χ0n) is 4.76. The standard InChI is InChI=1S/C3H7NO2.Li/c1-4(2)3(5)6;/h1-2H3,(H,5,6);/q;+1/p-1. The number of rotatable bonds is 0. The van der Waals surface area contributed by atoms with Gasteiger partial charge in [-0.1, -0.05) is 0 Å². The minimum Gasteiger partial charge on any atom is -0.530 e. The third-order valence-electron chi connectivity index (χ3n) is 0.365. The Bertz CT molecular complexity index is 64.0. The molecule has 0 aliphatic carbocycles. The topological polar surface area (TPSA) is 43.4 Å². The first-order valence-electron chi connectivity index (χ1n) is 1.53. The van der Waals surface area contributed by atoms with Crippen LogP contribution in [0.1, 0.15) is 0 Å². The Labute approximate surface area is 54.5 Å². The quantitative estimate of drug-likeness (QED) is 0.287. The monoisotopic (exact) mass is 95.1 g/mol. The van der Waals surface area contributed by atoms with Crippen molar-refractivity contribution in [2.45, 2.75) is 0 Å². The van der Waals surface area contributed by atoms with Gasteiger partial charge in [0.05, 0.1) is 0 Å². The SMILES string of the molecule is CN(C)C(=O)[O-].[Li+]. The first kappa shape index (κ1) is 9.98. The van der Waals surface area contributed by atoms with Crippen LogP contribution in [0.5, 0.6) is 0 Å². The Morgan fingerprint density at radius 2 is 1.71 bits per heavy atom. The molecule has 0 spiro atoms. The van der Waals surface area contributed by atoms with Gasteiger partial charge in [-0.3, -0.25) is 0 Å². The van der Waals surface area contributed by atoms with Crippen molar-refractivity contribution >= 4 is 6.09 Å². The third-order valence-corrected chi connectivity index (χ3v) is 0.365. The summed E-state index contributed by atoms with van der Waals surface area (Å²) in [6.07, 6.45) is -1.16. The van der Waals surface area contributed by atoms with Crippen molar-refractivity contribution in [3.8, 4) is 0 Å². The molecule has 0 fully saturated rings. The summed E-state index contributed by atoms with van der Waals surface area (Å²) in [7, 11) is 2.82. The van der Waals surface area contributed by atoms with Crippen LogP contribution < -0.4 is 24.0 Å². The second-order valence-corrected chi connectivity index (χ2v) is 1.16. The predicted molar refractivity (Wildman–Crippen MR) is 19.1 cm³/mol. The number of amides is 1. The maximum Gasteiger partial charge on any atom is 1.00 e. The van der Waals surface area contributed by atoms with Gasteiger partial charge in [0.2, 0.25) is 0 Å². The molecule has 0 rings (SSSR count). The molecular formula is C3H6LiNO2. The van der Waals surface area contributed by atoms with Gasteiger partial charge in [0.1, 0.15) is 6.09 Å². The fourth-order valence-electron chi connectivity index (χ4n) is 0. The first-order valence-corrected chi connectivity index (χ1v) is 1.53. The van der Waals surface area contributed by atoms with Gasteiger partial charge in [0.25, 0.3) is 0 Å². The molecule has 0 unspecified atom stereocenters. The minimum absolute atomic E-state index is 0. The number of hydrogen-bond acceptors (Lipinski definition) is 2. The van der Waals surface area contributed by atoms with Crippen LogP contribution in [-0.2, 0) is 0 Å². The molecule has 36 valence electrons. The van der Waals surface area contributed by atoms with Crippen LogP contribution in [0, 0.1) is 0 Å². The van der Waals surface area contributed by atoms with E-state index in [9.17, 15) is 9.90 Å². The summed E-state index contributed by atoms with van der Waals surface area (Å²) < 4.78 is 0. The Morgan fingerprint density at radius 3 is 1.71 bits per heavy atom. The second kappa shape index (κ2) is 4.04. The molecular weight excluding hydrogens is 89.0 g/mol. The van der Waals surface area contributed by atoms with Crippen LogP contribution in [0.3, 0.4) is 0 Å². The molecule has 0 heterocycles. The Hall–Kier alpha value is -0.133. The minimum atomic E-state index is -1.16. The summed E-state index contributed by atoms with van der Waals surface area (Å²) in [5.41, 5.74) is 0. The summed E-state index contributed by atoms with van der Waals surface area (Å²) in [6.45, 7) is 0. The van der Waals surface area contributed by atoms with Crippen molar-refractivity contribution in [2.75, 3.05) is 14.1 Å². The fraction of sp³-hybridized carbons (Fsp3) is 0.667.